The number of ether oxygens (including phenoxy) is 1. The summed E-state index contributed by atoms with van der Waals surface area (Å²) in [7, 11) is 1.50. The van der Waals surface area contributed by atoms with Crippen molar-refractivity contribution >= 4 is 11.8 Å². The van der Waals surface area contributed by atoms with Gasteiger partial charge in [-0.2, -0.15) is 0 Å². The number of methoxy groups -OCH3 is 1. The molecule has 24 heavy (non-hydrogen) atoms. The molecule has 0 spiro atoms. The van der Waals surface area contributed by atoms with Crippen LogP contribution >= 0.6 is 0 Å². The Bertz CT molecular complexity index is 567. The zero-order valence-corrected chi connectivity index (χ0v) is 15.7. The fourth-order valence-corrected chi connectivity index (χ4v) is 6.54. The van der Waals surface area contributed by atoms with Crippen LogP contribution in [0.1, 0.15) is 65.7 Å². The van der Waals surface area contributed by atoms with Crippen LogP contribution in [-0.2, 0) is 14.3 Å². The zero-order chi connectivity index (χ0) is 17.8. The van der Waals surface area contributed by atoms with Crippen molar-refractivity contribution < 1.29 is 14.3 Å². The second-order valence-electron chi connectivity index (χ2n) is 9.22. The van der Waals surface area contributed by atoms with Crippen molar-refractivity contribution in [2.75, 3.05) is 7.11 Å². The van der Waals surface area contributed by atoms with E-state index in [0.717, 1.165) is 38.5 Å². The van der Waals surface area contributed by atoms with Crippen LogP contribution in [0.5, 0.6) is 0 Å². The van der Waals surface area contributed by atoms with Crippen LogP contribution in [-0.4, -0.2) is 18.9 Å². The number of Topliss-reactive ketones (excluding diaryl/α,β-unsaturated/α-hetero) is 1. The largest absolute Gasteiger partial charge is 0.469 e. The molecule has 3 saturated carbocycles. The van der Waals surface area contributed by atoms with E-state index in [1.54, 1.807) is 0 Å². The third-order valence-corrected chi connectivity index (χ3v) is 8.05. The van der Waals surface area contributed by atoms with Crippen molar-refractivity contribution in [1.29, 1.82) is 0 Å². The molecule has 3 aliphatic rings. The van der Waals surface area contributed by atoms with E-state index in [-0.39, 0.29) is 16.8 Å². The van der Waals surface area contributed by atoms with E-state index < -0.39 is 5.41 Å². The molecule has 3 heteroatoms. The van der Waals surface area contributed by atoms with Crippen LogP contribution in [0.25, 0.3) is 0 Å². The van der Waals surface area contributed by atoms with Gasteiger partial charge in [0, 0.05) is 11.8 Å². The maximum absolute atomic E-state index is 12.8. The standard InChI is InChI=1S/C21H32O3/c1-6-19(2)13-14-8-9-16-20(3,15(14)12-17(19)22)10-7-11-21(16,4)18(23)24-5/h6,14-16H,1,7-13H2,2-5H3/t14?,15?,16?,19?,20?,21-/m0/s1. The molecule has 5 unspecified atom stereocenters. The minimum absolute atomic E-state index is 0.0602. The molecule has 0 heterocycles. The maximum Gasteiger partial charge on any atom is 0.311 e. The molecular weight excluding hydrogens is 300 g/mol. The third-order valence-electron chi connectivity index (χ3n) is 8.05. The molecule has 0 bridgehead atoms. The number of ketones is 1. The topological polar surface area (TPSA) is 43.4 Å². The number of carbonyl (C=O) groups excluding carboxylic acids is 2. The minimum atomic E-state index is -0.394. The summed E-state index contributed by atoms with van der Waals surface area (Å²) in [5.41, 5.74) is -0.679. The van der Waals surface area contributed by atoms with Gasteiger partial charge in [-0.3, -0.25) is 9.59 Å². The smallest absolute Gasteiger partial charge is 0.311 e. The first kappa shape index (κ1) is 17.7. The molecule has 3 fully saturated rings. The predicted octanol–water partition coefficient (Wildman–Crippen LogP) is 4.55. The van der Waals surface area contributed by atoms with E-state index in [2.05, 4.69) is 20.4 Å². The van der Waals surface area contributed by atoms with Crippen LogP contribution in [0, 0.1) is 34.0 Å². The highest BCUT2D eigenvalue weighted by Crippen LogP contribution is 2.65. The van der Waals surface area contributed by atoms with Crippen molar-refractivity contribution in [2.24, 2.45) is 34.0 Å². The van der Waals surface area contributed by atoms with Gasteiger partial charge in [-0.15, -0.1) is 6.58 Å². The van der Waals surface area contributed by atoms with Gasteiger partial charge in [0.1, 0.15) is 5.78 Å². The highest BCUT2D eigenvalue weighted by Gasteiger charge is 2.61. The Morgan fingerprint density at radius 3 is 2.58 bits per heavy atom. The summed E-state index contributed by atoms with van der Waals surface area (Å²) in [4.78, 5) is 25.4. The van der Waals surface area contributed by atoms with Gasteiger partial charge in [0.25, 0.3) is 0 Å². The Balaban J connectivity index is 1.95. The highest BCUT2D eigenvalue weighted by molar-refractivity contribution is 5.87. The molecule has 0 radical (unpaired) electrons. The number of hydrogen-bond donors (Lipinski definition) is 0. The molecule has 3 nitrogen and oxygen atoms in total. The average molecular weight is 332 g/mol. The monoisotopic (exact) mass is 332 g/mol. The van der Waals surface area contributed by atoms with E-state index >= 15 is 0 Å². The van der Waals surface area contributed by atoms with E-state index in [4.69, 9.17) is 4.74 Å². The molecule has 0 N–H and O–H groups in total. The molecule has 0 aliphatic heterocycles. The van der Waals surface area contributed by atoms with Gasteiger partial charge in [0.05, 0.1) is 12.5 Å². The number of allylic oxidation sites excluding steroid dienone is 1. The summed E-state index contributed by atoms with van der Waals surface area (Å²) < 4.78 is 5.18. The molecule has 0 aromatic carbocycles. The van der Waals surface area contributed by atoms with Gasteiger partial charge in [0.15, 0.2) is 0 Å². The fourth-order valence-electron chi connectivity index (χ4n) is 6.54. The predicted molar refractivity (Wildman–Crippen MR) is 94.3 cm³/mol. The quantitative estimate of drug-likeness (QED) is 0.550. The molecule has 0 amide bonds. The first-order valence-electron chi connectivity index (χ1n) is 9.46. The Morgan fingerprint density at radius 1 is 1.25 bits per heavy atom. The summed E-state index contributed by atoms with van der Waals surface area (Å²) in [5.74, 6) is 1.59. The third kappa shape index (κ3) is 2.30. The number of rotatable bonds is 2. The second kappa shape index (κ2) is 5.71. The fraction of sp³-hybridized carbons (Fsp3) is 0.810. The lowest BCUT2D eigenvalue weighted by Crippen LogP contribution is -2.57. The molecule has 0 aromatic rings. The molecule has 6 atom stereocenters. The minimum Gasteiger partial charge on any atom is -0.469 e. The van der Waals surface area contributed by atoms with Gasteiger partial charge >= 0.3 is 5.97 Å². The van der Waals surface area contributed by atoms with E-state index in [0.29, 0.717) is 30.0 Å². The van der Waals surface area contributed by atoms with Crippen LogP contribution in [0.4, 0.5) is 0 Å². The first-order chi connectivity index (χ1) is 11.2. The van der Waals surface area contributed by atoms with Crippen molar-refractivity contribution in [1.82, 2.24) is 0 Å². The Kier molecular flexibility index (Phi) is 4.21. The van der Waals surface area contributed by atoms with Crippen LogP contribution in [0.3, 0.4) is 0 Å². The molecule has 3 rings (SSSR count). The van der Waals surface area contributed by atoms with Crippen molar-refractivity contribution in [2.45, 2.75) is 65.7 Å². The number of esters is 1. The molecule has 3 aliphatic carbocycles. The van der Waals surface area contributed by atoms with Crippen LogP contribution in [0.2, 0.25) is 0 Å². The van der Waals surface area contributed by atoms with Crippen LogP contribution in [0.15, 0.2) is 12.7 Å². The van der Waals surface area contributed by atoms with E-state index in [9.17, 15) is 9.59 Å². The van der Waals surface area contributed by atoms with Gasteiger partial charge in [0.2, 0.25) is 0 Å². The lowest BCUT2D eigenvalue weighted by Gasteiger charge is -2.61. The number of carbonyl (C=O) groups is 2. The molecule has 0 saturated heterocycles. The van der Waals surface area contributed by atoms with E-state index in [1.165, 1.54) is 7.11 Å². The summed E-state index contributed by atoms with van der Waals surface area (Å²) in [5, 5.41) is 0. The van der Waals surface area contributed by atoms with E-state index in [1.807, 2.05) is 13.0 Å². The van der Waals surface area contributed by atoms with Gasteiger partial charge in [-0.05, 0) is 69.1 Å². The summed E-state index contributed by atoms with van der Waals surface area (Å²) in [6, 6.07) is 0. The number of fused-ring (bicyclic) bond motifs is 3. The maximum atomic E-state index is 12.8. The molecule has 0 aromatic heterocycles. The average Bonchev–Trinajstić information content (AvgIpc) is 2.55. The summed E-state index contributed by atoms with van der Waals surface area (Å²) in [6.45, 7) is 10.4. The van der Waals surface area contributed by atoms with Gasteiger partial charge in [-0.1, -0.05) is 19.4 Å². The lowest BCUT2D eigenvalue weighted by molar-refractivity contribution is -0.177. The Hall–Kier alpha value is -1.12. The van der Waals surface area contributed by atoms with Crippen LogP contribution < -0.4 is 0 Å². The van der Waals surface area contributed by atoms with Crippen molar-refractivity contribution in [3.8, 4) is 0 Å². The normalized spacial score (nSPS) is 48.2. The number of hydrogen-bond acceptors (Lipinski definition) is 3. The Morgan fingerprint density at radius 2 is 1.96 bits per heavy atom. The van der Waals surface area contributed by atoms with Crippen molar-refractivity contribution in [3.63, 3.8) is 0 Å². The molecular formula is C21H32O3. The molecule has 134 valence electrons. The first-order valence-corrected chi connectivity index (χ1v) is 9.46. The second-order valence-corrected chi connectivity index (χ2v) is 9.22. The van der Waals surface area contributed by atoms with Gasteiger partial charge in [-0.25, -0.2) is 0 Å². The SMILES string of the molecule is C=CC1(C)CC2CCC3C(C)(CCC[C@]3(C)C(=O)OC)C2CC1=O. The Labute approximate surface area is 146 Å². The summed E-state index contributed by atoms with van der Waals surface area (Å²) in [6.07, 6.45) is 8.72. The summed E-state index contributed by atoms with van der Waals surface area (Å²) >= 11 is 0. The highest BCUT2D eigenvalue weighted by atomic mass is 16.5. The lowest BCUT2D eigenvalue weighted by atomic mass is 9.43. The van der Waals surface area contributed by atoms with Gasteiger partial charge < -0.3 is 4.74 Å². The zero-order valence-electron chi connectivity index (χ0n) is 15.7. The van der Waals surface area contributed by atoms with Crippen molar-refractivity contribution in [3.05, 3.63) is 12.7 Å².